The first kappa shape index (κ1) is 27.1. The van der Waals surface area contributed by atoms with Crippen molar-refractivity contribution in [1.82, 2.24) is 20.4 Å². The van der Waals surface area contributed by atoms with E-state index in [1.54, 1.807) is 18.3 Å². The Morgan fingerprint density at radius 3 is 2.46 bits per heavy atom. The van der Waals surface area contributed by atoms with Crippen LogP contribution in [0.25, 0.3) is 22.0 Å². The van der Waals surface area contributed by atoms with Gasteiger partial charge in [0.25, 0.3) is 5.91 Å². The first-order valence-electron chi connectivity index (χ1n) is 14.5. The number of nitrogens with one attached hydrogen (secondary N) is 1. The van der Waals surface area contributed by atoms with E-state index in [-0.39, 0.29) is 17.8 Å². The van der Waals surface area contributed by atoms with Crippen LogP contribution in [0.3, 0.4) is 0 Å². The minimum absolute atomic E-state index is 0.0840. The smallest absolute Gasteiger partial charge is 0.253 e. The van der Waals surface area contributed by atoms with E-state index in [0.717, 1.165) is 71.4 Å². The number of amides is 1. The van der Waals surface area contributed by atoms with Crippen LogP contribution in [0.4, 0.5) is 4.39 Å². The lowest BCUT2D eigenvalue weighted by molar-refractivity contribution is 0.0928. The number of ether oxygens (including phenoxy) is 2. The number of halogens is 1. The number of carbonyl (C=O) groups is 1. The Morgan fingerprint density at radius 2 is 1.73 bits per heavy atom. The molecule has 8 heteroatoms. The van der Waals surface area contributed by atoms with Crippen LogP contribution in [-0.2, 0) is 6.54 Å². The lowest BCUT2D eigenvalue weighted by Crippen LogP contribution is -2.39. The van der Waals surface area contributed by atoms with E-state index >= 15 is 0 Å². The number of likely N-dealkylation sites (tertiary alicyclic amines) is 1. The van der Waals surface area contributed by atoms with Gasteiger partial charge >= 0.3 is 0 Å². The average Bonchev–Trinajstić information content (AvgIpc) is 3.57. The predicted molar refractivity (Wildman–Crippen MR) is 157 cm³/mol. The highest BCUT2D eigenvalue weighted by Crippen LogP contribution is 2.43. The van der Waals surface area contributed by atoms with Crippen molar-refractivity contribution in [3.63, 3.8) is 0 Å². The van der Waals surface area contributed by atoms with E-state index < -0.39 is 0 Å². The number of aromatic nitrogens is 2. The first-order chi connectivity index (χ1) is 20.1. The summed E-state index contributed by atoms with van der Waals surface area (Å²) in [5.41, 5.74) is 4.11. The molecular weight excluding hydrogens is 519 g/mol. The summed E-state index contributed by atoms with van der Waals surface area (Å²) in [5, 5.41) is 12.3. The lowest BCUT2D eigenvalue weighted by atomic mass is 9.99. The fraction of sp³-hybridized carbons (Fsp3) is 0.364. The number of fused-ring (bicyclic) bond motifs is 2. The van der Waals surface area contributed by atoms with Gasteiger partial charge in [-0.15, -0.1) is 0 Å². The summed E-state index contributed by atoms with van der Waals surface area (Å²) >= 11 is 0. The second-order valence-corrected chi connectivity index (χ2v) is 10.8. The maximum Gasteiger partial charge on any atom is 0.253 e. The van der Waals surface area contributed by atoms with Gasteiger partial charge in [0.05, 0.1) is 36.1 Å². The minimum Gasteiger partial charge on any atom is -0.493 e. The zero-order valence-corrected chi connectivity index (χ0v) is 23.5. The maximum absolute atomic E-state index is 13.6. The van der Waals surface area contributed by atoms with Gasteiger partial charge in [-0.2, -0.15) is 10.2 Å². The number of nitrogens with zero attached hydrogens (tertiary/aromatic N) is 3. The predicted octanol–water partition coefficient (Wildman–Crippen LogP) is 6.02. The number of hydrogen-bond acceptors (Lipinski definition) is 6. The fourth-order valence-corrected chi connectivity index (χ4v) is 6.59. The summed E-state index contributed by atoms with van der Waals surface area (Å²) in [4.78, 5) is 15.8. The molecule has 212 valence electrons. The standard InChI is InChI=1S/C33H35FN4O3/c1-3-40-30-17-21(18-31(41-4-2)32(30)22-9-11-23(34)12-10-22)20-38-16-15-25-27(13-14-29(25)38)36-33(39)26-19-35-37-28-8-6-5-7-24(26)28/h5-12,17-19,25,27,29H,3-4,13-16,20H2,1-2H3,(H,36,39)/t25-,27?,29+/m0/s1. The normalized spacial score (nSPS) is 20.2. The van der Waals surface area contributed by atoms with E-state index in [1.165, 1.54) is 12.1 Å². The molecule has 3 aromatic carbocycles. The maximum atomic E-state index is 13.6. The van der Waals surface area contributed by atoms with Crippen LogP contribution in [0, 0.1) is 11.7 Å². The second-order valence-electron chi connectivity index (χ2n) is 10.8. The number of rotatable bonds is 9. The Bertz CT molecular complexity index is 1510. The van der Waals surface area contributed by atoms with Crippen LogP contribution in [0.5, 0.6) is 11.5 Å². The van der Waals surface area contributed by atoms with Crippen molar-refractivity contribution >= 4 is 16.8 Å². The van der Waals surface area contributed by atoms with E-state index in [4.69, 9.17) is 9.47 Å². The third-order valence-electron chi connectivity index (χ3n) is 8.35. The summed E-state index contributed by atoms with van der Waals surface area (Å²) in [6.07, 6.45) is 4.59. The van der Waals surface area contributed by atoms with E-state index in [1.807, 2.05) is 38.1 Å². The summed E-state index contributed by atoms with van der Waals surface area (Å²) < 4.78 is 25.8. The summed E-state index contributed by atoms with van der Waals surface area (Å²) in [5.74, 6) is 1.52. The number of hydrogen-bond donors (Lipinski definition) is 1. The van der Waals surface area contributed by atoms with Gasteiger partial charge in [0.1, 0.15) is 17.3 Å². The average molecular weight is 555 g/mol. The van der Waals surface area contributed by atoms with Gasteiger partial charge in [-0.05, 0) is 87.0 Å². The van der Waals surface area contributed by atoms with Crippen LogP contribution in [-0.4, -0.2) is 52.8 Å². The molecule has 0 bridgehead atoms. The zero-order valence-electron chi connectivity index (χ0n) is 23.5. The van der Waals surface area contributed by atoms with Crippen molar-refractivity contribution in [3.8, 4) is 22.6 Å². The highest BCUT2D eigenvalue weighted by Gasteiger charge is 2.44. The Morgan fingerprint density at radius 1 is 1.00 bits per heavy atom. The van der Waals surface area contributed by atoms with Gasteiger partial charge in [0, 0.05) is 24.0 Å². The van der Waals surface area contributed by atoms with Gasteiger partial charge in [-0.25, -0.2) is 4.39 Å². The second kappa shape index (κ2) is 11.8. The monoisotopic (exact) mass is 554 g/mol. The van der Waals surface area contributed by atoms with Gasteiger partial charge in [-0.1, -0.05) is 30.3 Å². The zero-order chi connectivity index (χ0) is 28.3. The highest BCUT2D eigenvalue weighted by atomic mass is 19.1. The van der Waals surface area contributed by atoms with Gasteiger partial charge < -0.3 is 14.8 Å². The molecule has 1 unspecified atom stereocenters. The molecule has 1 aliphatic heterocycles. The number of benzene rings is 3. The quantitative estimate of drug-likeness (QED) is 0.273. The molecule has 41 heavy (non-hydrogen) atoms. The molecule has 1 aromatic heterocycles. The molecule has 2 fully saturated rings. The first-order valence-corrected chi connectivity index (χ1v) is 14.5. The van der Waals surface area contributed by atoms with Crippen LogP contribution in [0.15, 0.2) is 66.9 Å². The summed E-state index contributed by atoms with van der Waals surface area (Å²) in [6, 6.07) is 18.8. The molecule has 4 aromatic rings. The minimum atomic E-state index is -0.276. The third kappa shape index (κ3) is 5.48. The Kier molecular flexibility index (Phi) is 7.83. The van der Waals surface area contributed by atoms with Crippen molar-refractivity contribution in [2.45, 2.75) is 51.7 Å². The van der Waals surface area contributed by atoms with Gasteiger partial charge in [0.2, 0.25) is 0 Å². The molecule has 2 heterocycles. The van der Waals surface area contributed by atoms with Crippen molar-refractivity contribution < 1.29 is 18.7 Å². The summed E-state index contributed by atoms with van der Waals surface area (Å²) in [7, 11) is 0. The SMILES string of the molecule is CCOc1cc(CN2CC[C@H]3C(NC(=O)c4cnnc5ccccc45)CC[C@H]32)cc(OCC)c1-c1ccc(F)cc1. The molecule has 7 nitrogen and oxygen atoms in total. The molecule has 1 aliphatic carbocycles. The topological polar surface area (TPSA) is 76.6 Å². The Labute approximate surface area is 239 Å². The fourth-order valence-electron chi connectivity index (χ4n) is 6.59. The van der Waals surface area contributed by atoms with Crippen molar-refractivity contribution in [2.24, 2.45) is 5.92 Å². The van der Waals surface area contributed by atoms with Crippen LogP contribution >= 0.6 is 0 Å². The number of carbonyl (C=O) groups excluding carboxylic acids is 1. The Hall–Kier alpha value is -4.04. The molecule has 1 N–H and O–H groups in total. The molecular formula is C33H35FN4O3. The molecule has 1 amide bonds. The molecule has 0 spiro atoms. The Balaban J connectivity index is 1.20. The van der Waals surface area contributed by atoms with Crippen LogP contribution < -0.4 is 14.8 Å². The molecule has 0 radical (unpaired) electrons. The molecule has 1 saturated carbocycles. The molecule has 1 saturated heterocycles. The lowest BCUT2D eigenvalue weighted by Gasteiger charge is -2.26. The van der Waals surface area contributed by atoms with Crippen LogP contribution in [0.1, 0.15) is 49.0 Å². The van der Waals surface area contributed by atoms with Crippen LogP contribution in [0.2, 0.25) is 0 Å². The van der Waals surface area contributed by atoms with E-state index in [9.17, 15) is 9.18 Å². The van der Waals surface area contributed by atoms with E-state index in [0.29, 0.717) is 30.7 Å². The van der Waals surface area contributed by atoms with E-state index in [2.05, 4.69) is 32.5 Å². The van der Waals surface area contributed by atoms with Crippen molar-refractivity contribution in [3.05, 3.63) is 83.8 Å². The molecule has 6 rings (SSSR count). The molecule has 3 atom stereocenters. The third-order valence-corrected chi connectivity index (χ3v) is 8.35. The highest BCUT2D eigenvalue weighted by molar-refractivity contribution is 6.05. The van der Waals surface area contributed by atoms with Crippen molar-refractivity contribution in [2.75, 3.05) is 19.8 Å². The summed E-state index contributed by atoms with van der Waals surface area (Å²) in [6.45, 7) is 6.69. The van der Waals surface area contributed by atoms with Gasteiger partial charge in [0.15, 0.2) is 0 Å². The largest absolute Gasteiger partial charge is 0.493 e. The van der Waals surface area contributed by atoms with Gasteiger partial charge in [-0.3, -0.25) is 9.69 Å². The van der Waals surface area contributed by atoms with Crippen molar-refractivity contribution in [1.29, 1.82) is 0 Å². The molecule has 2 aliphatic rings.